The van der Waals surface area contributed by atoms with Crippen molar-refractivity contribution in [2.24, 2.45) is 0 Å². The molecule has 0 aliphatic heterocycles. The fourth-order valence-corrected chi connectivity index (χ4v) is 2.99. The van der Waals surface area contributed by atoms with Crippen molar-refractivity contribution in [3.8, 4) is 11.6 Å². The maximum Gasteiger partial charge on any atom is 0.226 e. The van der Waals surface area contributed by atoms with Gasteiger partial charge in [-0.15, -0.1) is 0 Å². The predicted molar refractivity (Wildman–Crippen MR) is 94.4 cm³/mol. The Labute approximate surface area is 141 Å². The summed E-state index contributed by atoms with van der Waals surface area (Å²) in [6.07, 6.45) is 3.94. The molecular weight excluding hydrogens is 298 g/mol. The van der Waals surface area contributed by atoms with Gasteiger partial charge in [0.25, 0.3) is 0 Å². The molecule has 2 aromatic carbocycles. The molecule has 0 saturated heterocycles. The van der Waals surface area contributed by atoms with Crippen LogP contribution in [0.2, 0.25) is 0 Å². The van der Waals surface area contributed by atoms with Gasteiger partial charge in [0, 0.05) is 18.3 Å². The van der Waals surface area contributed by atoms with Gasteiger partial charge in [-0.25, -0.2) is 4.98 Å². The molecule has 120 valence electrons. The molecule has 1 N–H and O–H groups in total. The van der Waals surface area contributed by atoms with Crippen molar-refractivity contribution in [2.75, 3.05) is 5.32 Å². The SMILES string of the molecule is c1ccc(Oc2ccnc(NC3CC(c4ccccc4)C3)n2)cc1. The van der Waals surface area contributed by atoms with E-state index in [-0.39, 0.29) is 0 Å². The molecule has 1 aliphatic rings. The zero-order valence-electron chi connectivity index (χ0n) is 13.3. The Hall–Kier alpha value is -2.88. The third kappa shape index (κ3) is 3.38. The average Bonchev–Trinajstić information content (AvgIpc) is 2.60. The monoisotopic (exact) mass is 317 g/mol. The molecule has 1 aliphatic carbocycles. The van der Waals surface area contributed by atoms with Crippen LogP contribution in [0.3, 0.4) is 0 Å². The molecule has 1 heterocycles. The van der Waals surface area contributed by atoms with Gasteiger partial charge in [-0.2, -0.15) is 4.98 Å². The molecule has 0 bridgehead atoms. The van der Waals surface area contributed by atoms with Crippen molar-refractivity contribution >= 4 is 5.95 Å². The van der Waals surface area contributed by atoms with E-state index in [0.29, 0.717) is 23.8 Å². The lowest BCUT2D eigenvalue weighted by atomic mass is 9.76. The Balaban J connectivity index is 1.35. The molecule has 4 heteroatoms. The van der Waals surface area contributed by atoms with E-state index in [2.05, 4.69) is 45.6 Å². The summed E-state index contributed by atoms with van der Waals surface area (Å²) in [6, 6.07) is 22.5. The fourth-order valence-electron chi connectivity index (χ4n) is 2.99. The molecule has 0 unspecified atom stereocenters. The number of hydrogen-bond acceptors (Lipinski definition) is 4. The zero-order valence-corrected chi connectivity index (χ0v) is 13.3. The summed E-state index contributed by atoms with van der Waals surface area (Å²) in [5.74, 6) is 2.58. The molecule has 4 nitrogen and oxygen atoms in total. The van der Waals surface area contributed by atoms with Gasteiger partial charge in [-0.05, 0) is 36.5 Å². The van der Waals surface area contributed by atoms with Gasteiger partial charge in [0.05, 0.1) is 0 Å². The Morgan fingerprint density at radius 3 is 2.33 bits per heavy atom. The number of para-hydroxylation sites is 1. The lowest BCUT2D eigenvalue weighted by Crippen LogP contribution is -2.34. The van der Waals surface area contributed by atoms with Crippen LogP contribution in [0.1, 0.15) is 24.3 Å². The summed E-state index contributed by atoms with van der Waals surface area (Å²) in [7, 11) is 0. The number of hydrogen-bond donors (Lipinski definition) is 1. The molecular formula is C20H19N3O. The van der Waals surface area contributed by atoms with Crippen molar-refractivity contribution in [1.82, 2.24) is 9.97 Å². The van der Waals surface area contributed by atoms with Crippen molar-refractivity contribution in [3.63, 3.8) is 0 Å². The molecule has 0 amide bonds. The maximum absolute atomic E-state index is 5.75. The topological polar surface area (TPSA) is 47.0 Å². The van der Waals surface area contributed by atoms with E-state index < -0.39 is 0 Å². The third-order valence-electron chi connectivity index (χ3n) is 4.34. The highest BCUT2D eigenvalue weighted by Gasteiger charge is 2.30. The van der Waals surface area contributed by atoms with Gasteiger partial charge in [0.15, 0.2) is 0 Å². The number of aromatic nitrogens is 2. The average molecular weight is 317 g/mol. The van der Waals surface area contributed by atoms with Crippen LogP contribution in [-0.2, 0) is 0 Å². The number of anilines is 1. The minimum Gasteiger partial charge on any atom is -0.439 e. The first-order chi connectivity index (χ1) is 11.9. The van der Waals surface area contributed by atoms with Crippen LogP contribution >= 0.6 is 0 Å². The predicted octanol–water partition coefficient (Wildman–Crippen LogP) is 4.63. The molecule has 0 atom stereocenters. The second-order valence-electron chi connectivity index (χ2n) is 6.05. The molecule has 1 fully saturated rings. The van der Waals surface area contributed by atoms with Crippen LogP contribution in [-0.4, -0.2) is 16.0 Å². The molecule has 3 aromatic rings. The molecule has 0 radical (unpaired) electrons. The fraction of sp³-hybridized carbons (Fsp3) is 0.200. The number of nitrogens with zero attached hydrogens (tertiary/aromatic N) is 2. The lowest BCUT2D eigenvalue weighted by molar-refractivity contribution is 0.372. The standard InChI is InChI=1S/C20H19N3O/c1-3-7-15(8-4-1)16-13-17(14-16)22-20-21-12-11-19(23-20)24-18-9-5-2-6-10-18/h1-12,16-17H,13-14H2,(H,21,22,23). The second-order valence-corrected chi connectivity index (χ2v) is 6.05. The lowest BCUT2D eigenvalue weighted by Gasteiger charge is -2.36. The van der Waals surface area contributed by atoms with E-state index in [1.54, 1.807) is 12.3 Å². The molecule has 24 heavy (non-hydrogen) atoms. The smallest absolute Gasteiger partial charge is 0.226 e. The van der Waals surface area contributed by atoms with E-state index in [4.69, 9.17) is 4.74 Å². The van der Waals surface area contributed by atoms with Crippen LogP contribution < -0.4 is 10.1 Å². The van der Waals surface area contributed by atoms with Crippen LogP contribution in [0.15, 0.2) is 72.9 Å². The second kappa shape index (κ2) is 6.71. The largest absolute Gasteiger partial charge is 0.439 e. The van der Waals surface area contributed by atoms with Crippen LogP contribution in [0.25, 0.3) is 0 Å². The number of benzene rings is 2. The van der Waals surface area contributed by atoms with Crippen molar-refractivity contribution < 1.29 is 4.74 Å². The van der Waals surface area contributed by atoms with E-state index in [1.165, 1.54) is 5.56 Å². The van der Waals surface area contributed by atoms with Crippen molar-refractivity contribution in [3.05, 3.63) is 78.5 Å². The molecule has 4 rings (SSSR count). The summed E-state index contributed by atoms with van der Waals surface area (Å²) >= 11 is 0. The highest BCUT2D eigenvalue weighted by atomic mass is 16.5. The van der Waals surface area contributed by atoms with Crippen LogP contribution in [0.4, 0.5) is 5.95 Å². The minimum absolute atomic E-state index is 0.419. The first-order valence-electron chi connectivity index (χ1n) is 8.24. The Morgan fingerprint density at radius 1 is 0.875 bits per heavy atom. The van der Waals surface area contributed by atoms with E-state index >= 15 is 0 Å². The number of ether oxygens (including phenoxy) is 1. The van der Waals surface area contributed by atoms with Gasteiger partial charge < -0.3 is 10.1 Å². The zero-order chi connectivity index (χ0) is 16.2. The summed E-state index contributed by atoms with van der Waals surface area (Å²) in [6.45, 7) is 0. The van der Waals surface area contributed by atoms with Gasteiger partial charge >= 0.3 is 0 Å². The van der Waals surface area contributed by atoms with E-state index in [0.717, 1.165) is 18.6 Å². The summed E-state index contributed by atoms with van der Waals surface area (Å²) in [4.78, 5) is 8.74. The van der Waals surface area contributed by atoms with Crippen molar-refractivity contribution in [2.45, 2.75) is 24.8 Å². The normalized spacial score (nSPS) is 19.3. The Bertz CT molecular complexity index is 786. The Kier molecular flexibility index (Phi) is 4.11. The first kappa shape index (κ1) is 14.7. The van der Waals surface area contributed by atoms with E-state index in [1.807, 2.05) is 30.3 Å². The Morgan fingerprint density at radius 2 is 1.58 bits per heavy atom. The molecule has 1 saturated carbocycles. The summed E-state index contributed by atoms with van der Waals surface area (Å²) < 4.78 is 5.75. The quantitative estimate of drug-likeness (QED) is 0.745. The maximum atomic E-state index is 5.75. The number of nitrogens with one attached hydrogen (secondary N) is 1. The summed E-state index contributed by atoms with van der Waals surface area (Å²) in [5.41, 5.74) is 1.41. The minimum atomic E-state index is 0.419. The molecule has 0 spiro atoms. The summed E-state index contributed by atoms with van der Waals surface area (Å²) in [5, 5.41) is 3.40. The molecule has 1 aromatic heterocycles. The highest BCUT2D eigenvalue weighted by Crippen LogP contribution is 2.38. The van der Waals surface area contributed by atoms with Gasteiger partial charge in [-0.3, -0.25) is 0 Å². The third-order valence-corrected chi connectivity index (χ3v) is 4.34. The first-order valence-corrected chi connectivity index (χ1v) is 8.24. The van der Waals surface area contributed by atoms with Crippen molar-refractivity contribution in [1.29, 1.82) is 0 Å². The van der Waals surface area contributed by atoms with Gasteiger partial charge in [-0.1, -0.05) is 48.5 Å². The number of rotatable bonds is 5. The van der Waals surface area contributed by atoms with Crippen LogP contribution in [0, 0.1) is 0 Å². The highest BCUT2D eigenvalue weighted by molar-refractivity contribution is 5.34. The van der Waals surface area contributed by atoms with Gasteiger partial charge in [0.1, 0.15) is 5.75 Å². The van der Waals surface area contributed by atoms with Crippen LogP contribution in [0.5, 0.6) is 11.6 Å². The van der Waals surface area contributed by atoms with E-state index in [9.17, 15) is 0 Å². The van der Waals surface area contributed by atoms with Gasteiger partial charge in [0.2, 0.25) is 11.8 Å².